The lowest BCUT2D eigenvalue weighted by Crippen LogP contribution is -2.24. The highest BCUT2D eigenvalue weighted by molar-refractivity contribution is 6.10. The van der Waals surface area contributed by atoms with E-state index in [1.165, 1.54) is 12.1 Å². The molecule has 0 atom stereocenters. The smallest absolute Gasteiger partial charge is 0.335 e. The molecule has 8 nitrogen and oxygen atoms in total. The van der Waals surface area contributed by atoms with Crippen LogP contribution in [-0.4, -0.2) is 36.7 Å². The first kappa shape index (κ1) is 21.4. The van der Waals surface area contributed by atoms with E-state index >= 15 is 0 Å². The van der Waals surface area contributed by atoms with Crippen LogP contribution in [0.5, 0.6) is 0 Å². The van der Waals surface area contributed by atoms with Crippen molar-refractivity contribution in [1.82, 2.24) is 19.7 Å². The highest BCUT2D eigenvalue weighted by atomic mass is 19.1. The van der Waals surface area contributed by atoms with E-state index in [4.69, 9.17) is 5.11 Å². The Morgan fingerprint density at radius 3 is 2.65 bits per heavy atom. The van der Waals surface area contributed by atoms with Crippen molar-refractivity contribution in [2.45, 2.75) is 26.4 Å². The number of amides is 1. The predicted octanol–water partition coefficient (Wildman–Crippen LogP) is 4.59. The van der Waals surface area contributed by atoms with Crippen molar-refractivity contribution in [2.75, 3.05) is 4.90 Å². The molecule has 3 heterocycles. The zero-order valence-corrected chi connectivity index (χ0v) is 18.4. The molecule has 9 heteroatoms. The highest BCUT2D eigenvalue weighted by Gasteiger charge is 2.30. The van der Waals surface area contributed by atoms with Gasteiger partial charge in [0, 0.05) is 17.2 Å². The molecular weight excluding hydrogens is 437 g/mol. The summed E-state index contributed by atoms with van der Waals surface area (Å²) in [7, 11) is 0. The van der Waals surface area contributed by atoms with E-state index in [1.54, 1.807) is 35.5 Å². The van der Waals surface area contributed by atoms with Crippen LogP contribution < -0.4 is 4.90 Å². The Morgan fingerprint density at radius 2 is 1.91 bits per heavy atom. The fourth-order valence-corrected chi connectivity index (χ4v) is 4.04. The van der Waals surface area contributed by atoms with E-state index in [0.29, 0.717) is 35.0 Å². The second kappa shape index (κ2) is 8.18. The Morgan fingerprint density at radius 1 is 1.09 bits per heavy atom. The van der Waals surface area contributed by atoms with Crippen molar-refractivity contribution >= 4 is 17.7 Å². The molecule has 0 fully saturated rings. The van der Waals surface area contributed by atoms with E-state index in [0.717, 1.165) is 11.6 Å². The summed E-state index contributed by atoms with van der Waals surface area (Å²) in [5.74, 6) is -1.01. The minimum atomic E-state index is -1.20. The zero-order chi connectivity index (χ0) is 24.0. The van der Waals surface area contributed by atoms with Crippen molar-refractivity contribution in [2.24, 2.45) is 0 Å². The number of carboxylic acid groups (broad SMARTS) is 1. The van der Waals surface area contributed by atoms with Crippen LogP contribution in [0.3, 0.4) is 0 Å². The molecule has 1 aliphatic rings. The van der Waals surface area contributed by atoms with Gasteiger partial charge in [0.2, 0.25) is 0 Å². The Hall–Kier alpha value is -4.40. The van der Waals surface area contributed by atoms with Gasteiger partial charge in [-0.15, -0.1) is 10.2 Å². The second-order valence-corrected chi connectivity index (χ2v) is 8.30. The van der Waals surface area contributed by atoms with E-state index in [2.05, 4.69) is 15.2 Å². The van der Waals surface area contributed by atoms with Crippen molar-refractivity contribution in [1.29, 1.82) is 0 Å². The number of rotatable bonds is 5. The molecule has 34 heavy (non-hydrogen) atoms. The monoisotopic (exact) mass is 457 g/mol. The first-order valence-corrected chi connectivity index (χ1v) is 10.7. The number of pyridine rings is 1. The van der Waals surface area contributed by atoms with Crippen LogP contribution in [0.2, 0.25) is 0 Å². The molecule has 0 spiro atoms. The lowest BCUT2D eigenvalue weighted by atomic mass is 9.99. The van der Waals surface area contributed by atoms with E-state index in [9.17, 15) is 14.0 Å². The van der Waals surface area contributed by atoms with Gasteiger partial charge in [0.15, 0.2) is 5.82 Å². The Labute approximate surface area is 194 Å². The van der Waals surface area contributed by atoms with E-state index in [-0.39, 0.29) is 23.1 Å². The number of carbonyl (C=O) groups excluding carboxylic acids is 1. The van der Waals surface area contributed by atoms with Crippen LogP contribution in [0.25, 0.3) is 22.6 Å². The van der Waals surface area contributed by atoms with Crippen LogP contribution in [-0.2, 0) is 6.54 Å². The molecule has 0 radical (unpaired) electrons. The first-order valence-electron chi connectivity index (χ1n) is 10.7. The van der Waals surface area contributed by atoms with Gasteiger partial charge in [0.05, 0.1) is 12.1 Å². The number of anilines is 1. The summed E-state index contributed by atoms with van der Waals surface area (Å²) in [6, 6.07) is 14.4. The van der Waals surface area contributed by atoms with E-state index in [1.807, 2.05) is 30.5 Å². The molecular formula is C25H20FN5O3. The maximum atomic E-state index is 14.6. The molecule has 0 saturated heterocycles. The first-order chi connectivity index (χ1) is 16.3. The van der Waals surface area contributed by atoms with E-state index < -0.39 is 11.8 Å². The Bertz CT molecular complexity index is 1450. The fourth-order valence-electron chi connectivity index (χ4n) is 4.04. The van der Waals surface area contributed by atoms with Gasteiger partial charge >= 0.3 is 5.97 Å². The normalized spacial score (nSPS) is 12.9. The minimum Gasteiger partial charge on any atom is -0.478 e. The second-order valence-electron chi connectivity index (χ2n) is 8.30. The SMILES string of the molecule is CC(C)n1cnnc1-c1cccc(N2Cc3ccc(-c4ccc(C(=O)O)cc4F)cc3C2=O)n1. The fraction of sp³-hybridized carbons (Fsp3) is 0.160. The molecule has 0 saturated carbocycles. The van der Waals surface area contributed by atoms with Gasteiger partial charge in [-0.25, -0.2) is 14.2 Å². The molecule has 0 unspecified atom stereocenters. The van der Waals surface area contributed by atoms with Gasteiger partial charge < -0.3 is 9.67 Å². The van der Waals surface area contributed by atoms with Crippen LogP contribution in [0, 0.1) is 5.82 Å². The summed E-state index contributed by atoms with van der Waals surface area (Å²) >= 11 is 0. The van der Waals surface area contributed by atoms with Gasteiger partial charge in [-0.3, -0.25) is 9.69 Å². The number of aromatic carboxylic acids is 1. The average molecular weight is 457 g/mol. The van der Waals surface area contributed by atoms with Crippen molar-refractivity contribution in [3.8, 4) is 22.6 Å². The van der Waals surface area contributed by atoms with Crippen LogP contribution in [0.4, 0.5) is 10.2 Å². The number of carboxylic acids is 1. The number of hydrogen-bond acceptors (Lipinski definition) is 5. The molecule has 0 aliphatic carbocycles. The van der Waals surface area contributed by atoms with Gasteiger partial charge in [0.1, 0.15) is 23.7 Å². The summed E-state index contributed by atoms with van der Waals surface area (Å²) in [5, 5.41) is 17.2. The van der Waals surface area contributed by atoms with Gasteiger partial charge in [0.25, 0.3) is 5.91 Å². The minimum absolute atomic E-state index is 0.135. The van der Waals surface area contributed by atoms with Crippen LogP contribution >= 0.6 is 0 Å². The molecule has 1 amide bonds. The zero-order valence-electron chi connectivity index (χ0n) is 18.4. The average Bonchev–Trinajstić information content (AvgIpc) is 3.44. The van der Waals surface area contributed by atoms with Gasteiger partial charge in [-0.1, -0.05) is 24.3 Å². The summed E-state index contributed by atoms with van der Waals surface area (Å²) in [5.41, 5.74) is 2.45. The Balaban J connectivity index is 1.47. The maximum Gasteiger partial charge on any atom is 0.335 e. The highest BCUT2D eigenvalue weighted by Crippen LogP contribution is 2.33. The van der Waals surface area contributed by atoms with Gasteiger partial charge in [-0.05, 0) is 55.3 Å². The number of hydrogen-bond donors (Lipinski definition) is 1. The number of aromatic nitrogens is 4. The molecule has 2 aromatic carbocycles. The summed E-state index contributed by atoms with van der Waals surface area (Å²) in [4.78, 5) is 30.6. The third-order valence-electron chi connectivity index (χ3n) is 5.81. The number of benzene rings is 2. The predicted molar refractivity (Wildman–Crippen MR) is 123 cm³/mol. The Kier molecular flexibility index (Phi) is 5.16. The van der Waals surface area contributed by atoms with Crippen LogP contribution in [0.1, 0.15) is 46.2 Å². The summed E-state index contributed by atoms with van der Waals surface area (Å²) in [6.45, 7) is 4.38. The standard InChI is InChI=1S/C25H20FN5O3/c1-14(2)31-13-27-29-23(31)21-4-3-5-22(28-21)30-12-17-7-6-15(10-19(17)24(30)32)18-9-8-16(25(33)34)11-20(18)26/h3-11,13-14H,12H2,1-2H3,(H,33,34). The van der Waals surface area contributed by atoms with Crippen molar-refractivity contribution in [3.63, 3.8) is 0 Å². The molecule has 2 aromatic heterocycles. The molecule has 4 aromatic rings. The maximum absolute atomic E-state index is 14.6. The van der Waals surface area contributed by atoms with Crippen LogP contribution in [0.15, 0.2) is 60.9 Å². The molecule has 5 rings (SSSR count). The lowest BCUT2D eigenvalue weighted by Gasteiger charge is -2.16. The number of nitrogens with zero attached hydrogens (tertiary/aromatic N) is 5. The van der Waals surface area contributed by atoms with Gasteiger partial charge in [-0.2, -0.15) is 0 Å². The topological polar surface area (TPSA) is 101 Å². The molecule has 170 valence electrons. The van der Waals surface area contributed by atoms with Crippen molar-refractivity contribution in [3.05, 3.63) is 83.4 Å². The number of halogens is 1. The third kappa shape index (κ3) is 3.61. The number of fused-ring (bicyclic) bond motifs is 1. The molecule has 1 N–H and O–H groups in total. The molecule has 1 aliphatic heterocycles. The largest absolute Gasteiger partial charge is 0.478 e. The summed E-state index contributed by atoms with van der Waals surface area (Å²) in [6.07, 6.45) is 1.65. The summed E-state index contributed by atoms with van der Waals surface area (Å²) < 4.78 is 16.5. The van der Waals surface area contributed by atoms with Crippen molar-refractivity contribution < 1.29 is 19.1 Å². The third-order valence-corrected chi connectivity index (χ3v) is 5.81. The quantitative estimate of drug-likeness (QED) is 0.471. The molecule has 0 bridgehead atoms. The lowest BCUT2D eigenvalue weighted by molar-refractivity contribution is 0.0696. The number of carbonyl (C=O) groups is 2.